The van der Waals surface area contributed by atoms with Gasteiger partial charge in [0.2, 0.25) is 5.89 Å². The van der Waals surface area contributed by atoms with Crippen LogP contribution in [0.2, 0.25) is 0 Å². The van der Waals surface area contributed by atoms with Crippen LogP contribution < -0.4 is 5.46 Å². The van der Waals surface area contributed by atoms with Crippen LogP contribution in [0.3, 0.4) is 0 Å². The standard InChI is InChI=1S/C25H22BNO4/c1-24(2)25(3,4)31-26(30-24)17-14-18-22(29-23(27-18)15-10-6-5-7-11-15)20-16-12-8-9-13-19(16)28-21(17)20/h5-14H,1-4H3. The molecule has 1 aliphatic heterocycles. The highest BCUT2D eigenvalue weighted by molar-refractivity contribution is 6.65. The van der Waals surface area contributed by atoms with Gasteiger partial charge in [0.25, 0.3) is 0 Å². The van der Waals surface area contributed by atoms with Crippen LogP contribution in [0.1, 0.15) is 27.7 Å². The number of aromatic nitrogens is 1. The van der Waals surface area contributed by atoms with Gasteiger partial charge in [-0.1, -0.05) is 36.4 Å². The van der Waals surface area contributed by atoms with E-state index in [4.69, 9.17) is 23.1 Å². The SMILES string of the molecule is CC1(C)OB(c2cc3nc(-c4ccccc4)oc3c3c2oc2ccccc23)OC1(C)C. The molecule has 0 spiro atoms. The Kier molecular flexibility index (Phi) is 3.74. The summed E-state index contributed by atoms with van der Waals surface area (Å²) in [5.41, 5.74) is 3.81. The molecule has 5 nitrogen and oxygen atoms in total. The Labute approximate surface area is 180 Å². The smallest absolute Gasteiger partial charge is 0.456 e. The molecule has 6 heteroatoms. The minimum atomic E-state index is -0.561. The Morgan fingerprint density at radius 3 is 2.19 bits per heavy atom. The van der Waals surface area contributed by atoms with Crippen molar-refractivity contribution in [1.82, 2.24) is 4.98 Å². The van der Waals surface area contributed by atoms with E-state index in [0.29, 0.717) is 17.1 Å². The average Bonchev–Trinajstić information content (AvgIpc) is 3.39. The number of hydrogen-bond donors (Lipinski definition) is 0. The summed E-state index contributed by atoms with van der Waals surface area (Å²) in [5, 5.41) is 1.88. The summed E-state index contributed by atoms with van der Waals surface area (Å²) in [6, 6.07) is 19.8. The van der Waals surface area contributed by atoms with Gasteiger partial charge in [0.05, 0.1) is 16.6 Å². The molecule has 1 aliphatic rings. The first-order valence-electron chi connectivity index (χ1n) is 10.5. The van der Waals surface area contributed by atoms with E-state index in [1.54, 1.807) is 0 Å². The molecule has 0 bridgehead atoms. The molecule has 154 valence electrons. The van der Waals surface area contributed by atoms with Crippen molar-refractivity contribution in [2.75, 3.05) is 0 Å². The summed E-state index contributed by atoms with van der Waals surface area (Å²) in [6.45, 7) is 8.19. The van der Waals surface area contributed by atoms with Crippen LogP contribution in [0.4, 0.5) is 0 Å². The fourth-order valence-corrected chi connectivity index (χ4v) is 4.15. The summed E-state index contributed by atoms with van der Waals surface area (Å²) >= 11 is 0. The first-order chi connectivity index (χ1) is 14.8. The molecular formula is C25H22BNO4. The van der Waals surface area contributed by atoms with Gasteiger partial charge >= 0.3 is 7.12 Å². The van der Waals surface area contributed by atoms with E-state index < -0.39 is 18.3 Å². The summed E-state index contributed by atoms with van der Waals surface area (Å²) in [6.07, 6.45) is 0. The van der Waals surface area contributed by atoms with E-state index >= 15 is 0 Å². The zero-order valence-corrected chi connectivity index (χ0v) is 17.9. The van der Waals surface area contributed by atoms with Crippen LogP contribution in [0.15, 0.2) is 69.5 Å². The average molecular weight is 411 g/mol. The molecule has 0 atom stereocenters. The van der Waals surface area contributed by atoms with Crippen molar-refractivity contribution in [2.24, 2.45) is 0 Å². The number of hydrogen-bond acceptors (Lipinski definition) is 5. The molecule has 5 aromatic rings. The maximum Gasteiger partial charge on any atom is 0.498 e. The maximum atomic E-state index is 6.35. The zero-order valence-electron chi connectivity index (χ0n) is 17.9. The predicted molar refractivity (Wildman–Crippen MR) is 122 cm³/mol. The van der Waals surface area contributed by atoms with E-state index in [-0.39, 0.29) is 0 Å². The molecule has 31 heavy (non-hydrogen) atoms. The van der Waals surface area contributed by atoms with Crippen molar-refractivity contribution in [3.8, 4) is 11.5 Å². The molecular weight excluding hydrogens is 389 g/mol. The van der Waals surface area contributed by atoms with Gasteiger partial charge in [0.15, 0.2) is 5.58 Å². The normalized spacial score (nSPS) is 17.9. The molecule has 3 aromatic carbocycles. The van der Waals surface area contributed by atoms with Gasteiger partial charge in [0, 0.05) is 16.4 Å². The Hall–Kier alpha value is -3.09. The molecule has 1 fully saturated rings. The predicted octanol–water partition coefficient (Wildman–Crippen LogP) is 5.69. The molecule has 0 radical (unpaired) electrons. The first-order valence-corrected chi connectivity index (χ1v) is 10.5. The highest BCUT2D eigenvalue weighted by Crippen LogP contribution is 2.40. The summed E-state index contributed by atoms with van der Waals surface area (Å²) in [5.74, 6) is 0.577. The molecule has 0 aliphatic carbocycles. The molecule has 0 saturated carbocycles. The van der Waals surface area contributed by atoms with Crippen molar-refractivity contribution in [2.45, 2.75) is 38.9 Å². The molecule has 6 rings (SSSR count). The van der Waals surface area contributed by atoms with Crippen molar-refractivity contribution in [1.29, 1.82) is 0 Å². The van der Waals surface area contributed by atoms with E-state index in [1.807, 2.05) is 88.4 Å². The van der Waals surface area contributed by atoms with Gasteiger partial charge in [-0.05, 0) is 52.0 Å². The lowest BCUT2D eigenvalue weighted by Crippen LogP contribution is -2.41. The Bertz CT molecular complexity index is 1430. The lowest BCUT2D eigenvalue weighted by molar-refractivity contribution is 0.00578. The highest BCUT2D eigenvalue weighted by Gasteiger charge is 2.52. The number of furan rings is 1. The molecule has 2 aromatic heterocycles. The number of rotatable bonds is 2. The summed E-state index contributed by atoms with van der Waals surface area (Å²) < 4.78 is 25.3. The molecule has 0 N–H and O–H groups in total. The van der Waals surface area contributed by atoms with Crippen LogP contribution >= 0.6 is 0 Å². The largest absolute Gasteiger partial charge is 0.498 e. The second kappa shape index (κ2) is 6.22. The highest BCUT2D eigenvalue weighted by atomic mass is 16.7. The van der Waals surface area contributed by atoms with Gasteiger partial charge in [-0.25, -0.2) is 4.98 Å². The van der Waals surface area contributed by atoms with Crippen molar-refractivity contribution in [3.05, 3.63) is 60.7 Å². The van der Waals surface area contributed by atoms with E-state index in [2.05, 4.69) is 0 Å². The van der Waals surface area contributed by atoms with Crippen molar-refractivity contribution < 1.29 is 18.1 Å². The number of oxazole rings is 1. The molecule has 1 saturated heterocycles. The molecule has 0 unspecified atom stereocenters. The van der Waals surface area contributed by atoms with Gasteiger partial charge in [-0.15, -0.1) is 0 Å². The third-order valence-electron chi connectivity index (χ3n) is 6.56. The van der Waals surface area contributed by atoms with Crippen LogP contribution in [0.25, 0.3) is 44.5 Å². The van der Waals surface area contributed by atoms with Crippen LogP contribution in [0, 0.1) is 0 Å². The van der Waals surface area contributed by atoms with E-state index in [0.717, 1.165) is 32.9 Å². The van der Waals surface area contributed by atoms with Crippen molar-refractivity contribution >= 4 is 45.6 Å². The first kappa shape index (κ1) is 18.7. The Morgan fingerprint density at radius 2 is 1.45 bits per heavy atom. The van der Waals surface area contributed by atoms with Gasteiger partial charge in [-0.2, -0.15) is 0 Å². The number of fused-ring (bicyclic) bond motifs is 5. The lowest BCUT2D eigenvalue weighted by atomic mass is 9.78. The van der Waals surface area contributed by atoms with Gasteiger partial charge < -0.3 is 18.1 Å². The number of para-hydroxylation sites is 1. The Balaban J connectivity index is 1.66. The summed E-state index contributed by atoms with van der Waals surface area (Å²) in [7, 11) is -0.561. The quantitative estimate of drug-likeness (QED) is 0.349. The van der Waals surface area contributed by atoms with E-state index in [1.165, 1.54) is 0 Å². The second-order valence-corrected chi connectivity index (χ2v) is 9.09. The third-order valence-corrected chi connectivity index (χ3v) is 6.56. The minimum Gasteiger partial charge on any atom is -0.456 e. The summed E-state index contributed by atoms with van der Waals surface area (Å²) in [4.78, 5) is 4.80. The van der Waals surface area contributed by atoms with Crippen molar-refractivity contribution in [3.63, 3.8) is 0 Å². The maximum absolute atomic E-state index is 6.35. The van der Waals surface area contributed by atoms with E-state index in [9.17, 15) is 0 Å². The van der Waals surface area contributed by atoms with Gasteiger partial charge in [-0.3, -0.25) is 0 Å². The van der Waals surface area contributed by atoms with Crippen LogP contribution in [-0.2, 0) is 9.31 Å². The third kappa shape index (κ3) is 2.68. The monoisotopic (exact) mass is 411 g/mol. The molecule has 3 heterocycles. The zero-order chi connectivity index (χ0) is 21.4. The van der Waals surface area contributed by atoms with Crippen LogP contribution in [0.5, 0.6) is 0 Å². The molecule has 0 amide bonds. The second-order valence-electron chi connectivity index (χ2n) is 9.09. The Morgan fingerprint density at radius 1 is 0.774 bits per heavy atom. The number of nitrogens with zero attached hydrogens (tertiary/aromatic N) is 1. The number of benzene rings is 3. The van der Waals surface area contributed by atoms with Gasteiger partial charge in [0.1, 0.15) is 16.7 Å². The fourth-order valence-electron chi connectivity index (χ4n) is 4.15. The van der Waals surface area contributed by atoms with Crippen LogP contribution in [-0.4, -0.2) is 23.3 Å². The fraction of sp³-hybridized carbons (Fsp3) is 0.240. The lowest BCUT2D eigenvalue weighted by Gasteiger charge is -2.32. The topological polar surface area (TPSA) is 57.6 Å². The minimum absolute atomic E-state index is 0.454.